The van der Waals surface area contributed by atoms with Gasteiger partial charge < -0.3 is 9.64 Å². The number of carbonyl (C=O) groups is 3. The minimum Gasteiger partial charge on any atom is -0.488 e. The largest absolute Gasteiger partial charge is 0.488 e. The quantitative estimate of drug-likeness (QED) is 0.415. The summed E-state index contributed by atoms with van der Waals surface area (Å²) in [6.07, 6.45) is 4.64. The number of benzene rings is 3. The monoisotopic (exact) mass is 511 g/mol. The Morgan fingerprint density at radius 1 is 1.00 bits per heavy atom. The topological polar surface area (TPSA) is 90.7 Å². The molecule has 186 valence electrons. The van der Waals surface area contributed by atoms with Gasteiger partial charge in [-0.1, -0.05) is 48.5 Å². The van der Waals surface area contributed by atoms with Gasteiger partial charge in [0.25, 0.3) is 11.1 Å². The highest BCUT2D eigenvalue weighted by Gasteiger charge is 2.37. The molecule has 0 unspecified atom stereocenters. The normalized spacial score (nSPS) is 16.9. The van der Waals surface area contributed by atoms with Crippen molar-refractivity contribution in [2.24, 2.45) is 0 Å². The standard InChI is InChI=1S/C29H25N3O4S/c30-17-21-9-2-3-10-22(21)19-36-25-13-12-20-8-4-5-11-23(20)24(25)16-26-28(34)32(29(35)37-26)18-27(33)31-14-6-1-7-15-31/h2-5,8-13,16H,1,6-7,14-15,18-19H2/b26-16-. The molecule has 0 spiro atoms. The molecule has 5 rings (SSSR count). The van der Waals surface area contributed by atoms with Gasteiger partial charge in [-0.2, -0.15) is 5.26 Å². The predicted molar refractivity (Wildman–Crippen MR) is 143 cm³/mol. The van der Waals surface area contributed by atoms with Crippen LogP contribution in [0, 0.1) is 11.3 Å². The molecule has 0 N–H and O–H groups in total. The molecule has 3 aromatic rings. The van der Waals surface area contributed by atoms with Crippen molar-refractivity contribution in [2.75, 3.05) is 19.6 Å². The van der Waals surface area contributed by atoms with Crippen LogP contribution in [0.1, 0.15) is 36.0 Å². The molecule has 0 aliphatic carbocycles. The molecule has 2 heterocycles. The summed E-state index contributed by atoms with van der Waals surface area (Å²) in [6, 6.07) is 20.9. The summed E-state index contributed by atoms with van der Waals surface area (Å²) in [5, 5.41) is 10.8. The smallest absolute Gasteiger partial charge is 0.294 e. The van der Waals surface area contributed by atoms with Crippen molar-refractivity contribution in [1.82, 2.24) is 9.80 Å². The minimum atomic E-state index is -0.478. The third-order valence-corrected chi connectivity index (χ3v) is 7.51. The molecule has 0 saturated carbocycles. The Morgan fingerprint density at radius 2 is 1.76 bits per heavy atom. The van der Waals surface area contributed by atoms with Crippen LogP contribution in [-0.2, 0) is 16.2 Å². The number of nitrogens with zero attached hydrogens (tertiary/aromatic N) is 3. The van der Waals surface area contributed by atoms with Crippen LogP contribution in [0.4, 0.5) is 4.79 Å². The van der Waals surface area contributed by atoms with Gasteiger partial charge in [0.05, 0.1) is 16.5 Å². The Morgan fingerprint density at radius 3 is 2.57 bits per heavy atom. The number of piperidine rings is 1. The first kappa shape index (κ1) is 24.6. The first-order valence-corrected chi connectivity index (χ1v) is 13.0. The van der Waals surface area contributed by atoms with E-state index in [4.69, 9.17) is 4.74 Å². The fourth-order valence-corrected chi connectivity index (χ4v) is 5.43. The van der Waals surface area contributed by atoms with Crippen LogP contribution in [0.5, 0.6) is 5.75 Å². The number of imide groups is 1. The van der Waals surface area contributed by atoms with Crippen LogP contribution in [0.15, 0.2) is 65.6 Å². The number of rotatable bonds is 6. The highest BCUT2D eigenvalue weighted by atomic mass is 32.2. The molecule has 7 nitrogen and oxygen atoms in total. The molecule has 37 heavy (non-hydrogen) atoms. The highest BCUT2D eigenvalue weighted by Crippen LogP contribution is 2.37. The summed E-state index contributed by atoms with van der Waals surface area (Å²) in [7, 11) is 0. The summed E-state index contributed by atoms with van der Waals surface area (Å²) >= 11 is 0.832. The maximum absolute atomic E-state index is 13.2. The molecule has 0 radical (unpaired) electrons. The lowest BCUT2D eigenvalue weighted by Gasteiger charge is -2.27. The number of nitriles is 1. The van der Waals surface area contributed by atoms with E-state index in [1.807, 2.05) is 48.5 Å². The van der Waals surface area contributed by atoms with E-state index in [-0.39, 0.29) is 24.0 Å². The lowest BCUT2D eigenvalue weighted by Crippen LogP contribution is -2.44. The SMILES string of the molecule is N#Cc1ccccc1COc1ccc2ccccc2c1/C=C1\SC(=O)N(CC(=O)N2CCCCC2)C1=O. The van der Waals surface area contributed by atoms with Crippen LogP contribution >= 0.6 is 11.8 Å². The van der Waals surface area contributed by atoms with Gasteiger partial charge in [0.1, 0.15) is 18.9 Å². The zero-order valence-corrected chi connectivity index (χ0v) is 21.0. The summed E-state index contributed by atoms with van der Waals surface area (Å²) in [5.41, 5.74) is 1.95. The maximum Gasteiger partial charge on any atom is 0.294 e. The minimum absolute atomic E-state index is 0.175. The summed E-state index contributed by atoms with van der Waals surface area (Å²) in [4.78, 5) is 41.7. The number of fused-ring (bicyclic) bond motifs is 1. The van der Waals surface area contributed by atoms with Crippen LogP contribution < -0.4 is 4.74 Å². The maximum atomic E-state index is 13.2. The van der Waals surface area contributed by atoms with Gasteiger partial charge >= 0.3 is 0 Å². The fourth-order valence-electron chi connectivity index (χ4n) is 4.61. The molecular formula is C29H25N3O4S. The van der Waals surface area contributed by atoms with Crippen molar-refractivity contribution in [1.29, 1.82) is 5.26 Å². The van der Waals surface area contributed by atoms with E-state index < -0.39 is 11.1 Å². The summed E-state index contributed by atoms with van der Waals surface area (Å²) < 4.78 is 6.14. The second kappa shape index (κ2) is 10.9. The van der Waals surface area contributed by atoms with E-state index in [1.165, 1.54) is 0 Å². The van der Waals surface area contributed by atoms with E-state index in [0.717, 1.165) is 52.3 Å². The number of hydrogen-bond acceptors (Lipinski definition) is 6. The average molecular weight is 512 g/mol. The van der Waals surface area contributed by atoms with Crippen molar-refractivity contribution >= 4 is 45.7 Å². The molecule has 2 aliphatic rings. The van der Waals surface area contributed by atoms with Gasteiger partial charge in [0, 0.05) is 24.2 Å². The lowest BCUT2D eigenvalue weighted by atomic mass is 10.0. The van der Waals surface area contributed by atoms with Crippen LogP contribution in [0.25, 0.3) is 16.8 Å². The van der Waals surface area contributed by atoms with Crippen molar-refractivity contribution in [3.05, 3.63) is 82.3 Å². The van der Waals surface area contributed by atoms with E-state index in [9.17, 15) is 19.6 Å². The van der Waals surface area contributed by atoms with E-state index in [2.05, 4.69) is 6.07 Å². The first-order chi connectivity index (χ1) is 18.0. The van der Waals surface area contributed by atoms with Crippen molar-refractivity contribution < 1.29 is 19.1 Å². The number of likely N-dealkylation sites (tertiary alicyclic amines) is 1. The molecule has 2 fully saturated rings. The average Bonchev–Trinajstić information content (AvgIpc) is 3.20. The van der Waals surface area contributed by atoms with E-state index in [1.54, 1.807) is 23.1 Å². The van der Waals surface area contributed by atoms with Crippen molar-refractivity contribution in [3.8, 4) is 11.8 Å². The zero-order valence-electron chi connectivity index (χ0n) is 20.2. The predicted octanol–water partition coefficient (Wildman–Crippen LogP) is 5.34. The zero-order chi connectivity index (χ0) is 25.8. The Labute approximate surface area is 219 Å². The molecule has 2 saturated heterocycles. The van der Waals surface area contributed by atoms with Gasteiger partial charge in [0.15, 0.2) is 0 Å². The number of ether oxygens (including phenoxy) is 1. The summed E-state index contributed by atoms with van der Waals surface area (Å²) in [6.45, 7) is 1.26. The second-order valence-electron chi connectivity index (χ2n) is 8.97. The molecule has 3 amide bonds. The highest BCUT2D eigenvalue weighted by molar-refractivity contribution is 8.18. The van der Waals surface area contributed by atoms with E-state index in [0.29, 0.717) is 30.0 Å². The van der Waals surface area contributed by atoms with Gasteiger partial charge in [-0.05, 0) is 60.0 Å². The Hall–Kier alpha value is -4.09. The van der Waals surface area contributed by atoms with Crippen LogP contribution in [-0.4, -0.2) is 46.5 Å². The molecule has 8 heteroatoms. The molecule has 0 bridgehead atoms. The number of amides is 3. The van der Waals surface area contributed by atoms with Gasteiger partial charge in [-0.15, -0.1) is 0 Å². The number of hydrogen-bond donors (Lipinski definition) is 0. The van der Waals surface area contributed by atoms with Crippen molar-refractivity contribution in [3.63, 3.8) is 0 Å². The van der Waals surface area contributed by atoms with Crippen LogP contribution in [0.2, 0.25) is 0 Å². The Kier molecular flexibility index (Phi) is 7.24. The fraction of sp³-hybridized carbons (Fsp3) is 0.241. The molecule has 0 atom stereocenters. The molecule has 2 aliphatic heterocycles. The Balaban J connectivity index is 1.43. The van der Waals surface area contributed by atoms with Crippen molar-refractivity contribution in [2.45, 2.75) is 25.9 Å². The second-order valence-corrected chi connectivity index (χ2v) is 9.96. The molecular weight excluding hydrogens is 486 g/mol. The number of carbonyl (C=O) groups excluding carboxylic acids is 3. The molecule has 0 aromatic heterocycles. The number of thioether (sulfide) groups is 1. The third kappa shape index (κ3) is 5.23. The van der Waals surface area contributed by atoms with E-state index >= 15 is 0 Å². The van der Waals surface area contributed by atoms with Gasteiger partial charge in [-0.3, -0.25) is 19.3 Å². The first-order valence-electron chi connectivity index (χ1n) is 12.2. The third-order valence-electron chi connectivity index (χ3n) is 6.60. The van der Waals surface area contributed by atoms with Crippen LogP contribution in [0.3, 0.4) is 0 Å². The lowest BCUT2D eigenvalue weighted by molar-refractivity contribution is -0.136. The molecule has 3 aromatic carbocycles. The Bertz CT molecular complexity index is 1450. The van der Waals surface area contributed by atoms with Gasteiger partial charge in [0.2, 0.25) is 5.91 Å². The van der Waals surface area contributed by atoms with Gasteiger partial charge in [-0.25, -0.2) is 0 Å². The summed E-state index contributed by atoms with van der Waals surface area (Å²) in [5.74, 6) is -0.148.